The van der Waals surface area contributed by atoms with Crippen molar-refractivity contribution >= 4 is 23.0 Å². The third-order valence-electron chi connectivity index (χ3n) is 8.95. The van der Waals surface area contributed by atoms with Crippen LogP contribution in [0.1, 0.15) is 50.8 Å². The van der Waals surface area contributed by atoms with Crippen LogP contribution in [-0.2, 0) is 43.9 Å². The maximum Gasteiger partial charge on any atom is 0.407 e. The first kappa shape index (κ1) is 32.5. The molecule has 0 atom stereocenters. The number of hydrogen-bond donors (Lipinski definition) is 2. The summed E-state index contributed by atoms with van der Waals surface area (Å²) in [5.74, 6) is -0.111. The lowest BCUT2D eigenvalue weighted by atomic mass is 9.98. The van der Waals surface area contributed by atoms with Crippen LogP contribution in [0.15, 0.2) is 109 Å². The largest absolute Gasteiger partial charge is 0.487 e. The van der Waals surface area contributed by atoms with Gasteiger partial charge in [0.1, 0.15) is 25.6 Å². The summed E-state index contributed by atoms with van der Waals surface area (Å²) < 4.78 is 18.8. The molecule has 0 radical (unpaired) electrons. The number of ether oxygens (including phenoxy) is 3. The molecule has 0 fully saturated rings. The van der Waals surface area contributed by atoms with Crippen molar-refractivity contribution in [2.45, 2.75) is 46.1 Å². The lowest BCUT2D eigenvalue weighted by molar-refractivity contribution is 0.0460. The molecule has 0 bridgehead atoms. The Morgan fingerprint density at radius 3 is 2.06 bits per heavy atom. The average Bonchev–Trinajstić information content (AvgIpc) is 3.53. The van der Waals surface area contributed by atoms with Crippen molar-refractivity contribution in [3.05, 3.63) is 148 Å². The molecule has 1 amide bonds. The van der Waals surface area contributed by atoms with Gasteiger partial charge in [-0.1, -0.05) is 110 Å². The number of fused-ring (bicyclic) bond motifs is 3. The Morgan fingerprint density at radius 1 is 0.820 bits per heavy atom. The number of benzene rings is 4. The van der Waals surface area contributed by atoms with Gasteiger partial charge >= 0.3 is 12.1 Å². The van der Waals surface area contributed by atoms with Gasteiger partial charge in [-0.15, -0.1) is 0 Å². The van der Waals surface area contributed by atoms with Gasteiger partial charge in [0, 0.05) is 34.3 Å². The minimum atomic E-state index is -0.930. The third kappa shape index (κ3) is 6.89. The minimum Gasteiger partial charge on any atom is -0.487 e. The number of carboxylic acid groups (broad SMARTS) is 1. The van der Waals surface area contributed by atoms with E-state index in [9.17, 15) is 14.7 Å². The van der Waals surface area contributed by atoms with Crippen molar-refractivity contribution in [2.24, 2.45) is 0 Å². The topological polar surface area (TPSA) is 114 Å². The van der Waals surface area contributed by atoms with Gasteiger partial charge < -0.3 is 29.2 Å². The number of esters is 1. The summed E-state index contributed by atoms with van der Waals surface area (Å²) in [4.78, 5) is 35.7. The molecule has 252 valence electrons. The normalized spacial score (nSPS) is 12.4. The third-order valence-corrected chi connectivity index (χ3v) is 8.95. The number of aromatic amines is 1. The van der Waals surface area contributed by atoms with Crippen molar-refractivity contribution in [1.29, 1.82) is 0 Å². The van der Waals surface area contributed by atoms with E-state index in [1.807, 2.05) is 110 Å². The first-order valence-electron chi connectivity index (χ1n) is 16.7. The number of aromatic nitrogens is 2. The van der Waals surface area contributed by atoms with E-state index in [1.165, 1.54) is 4.90 Å². The molecule has 2 N–H and O–H groups in total. The Morgan fingerprint density at radius 2 is 1.44 bits per heavy atom. The van der Waals surface area contributed by atoms with Crippen LogP contribution < -0.4 is 9.47 Å². The van der Waals surface area contributed by atoms with Crippen molar-refractivity contribution < 1.29 is 28.9 Å². The summed E-state index contributed by atoms with van der Waals surface area (Å²) in [5.41, 5.74) is 7.93. The maximum atomic E-state index is 14.1. The van der Waals surface area contributed by atoms with E-state index in [1.54, 1.807) is 0 Å². The molecule has 1 aliphatic rings. The molecule has 1 aliphatic heterocycles. The monoisotopic (exact) mass is 667 g/mol. The predicted molar refractivity (Wildman–Crippen MR) is 190 cm³/mol. The number of nitrogens with zero attached hydrogens (tertiary/aromatic N) is 2. The molecule has 7 rings (SSSR count). The molecular weight excluding hydrogens is 630 g/mol. The van der Waals surface area contributed by atoms with E-state index in [4.69, 9.17) is 19.2 Å². The van der Waals surface area contributed by atoms with Crippen LogP contribution in [0.5, 0.6) is 11.6 Å². The molecule has 4 aromatic carbocycles. The number of H-pyrrole nitrogens is 1. The Kier molecular flexibility index (Phi) is 9.46. The molecule has 9 nitrogen and oxygen atoms in total. The standard InChI is InChI=1S/C41H37N3O6/c1-2-31-37(30-18-19-32-33-20-21-44(41(46)47)23-35(33)42-34(32)22-30)43-39(49-25-28-14-8-4-9-15-28)36(38(31)48-24-27-12-6-3-7-13-27)40(45)50-26-29-16-10-5-11-17-29/h3-19,22,42H,2,20-21,23-26H2,1H3,(H,46,47). The molecule has 0 unspecified atom stereocenters. The number of hydrogen-bond acceptors (Lipinski definition) is 6. The van der Waals surface area contributed by atoms with Crippen molar-refractivity contribution in [3.8, 4) is 22.9 Å². The number of nitrogens with one attached hydrogen (secondary N) is 1. The predicted octanol–water partition coefficient (Wildman–Crippen LogP) is 8.34. The summed E-state index contributed by atoms with van der Waals surface area (Å²) >= 11 is 0. The van der Waals surface area contributed by atoms with Gasteiger partial charge in [-0.3, -0.25) is 0 Å². The van der Waals surface area contributed by atoms with Gasteiger partial charge in [0.2, 0.25) is 5.88 Å². The van der Waals surface area contributed by atoms with Crippen LogP contribution in [0, 0.1) is 0 Å². The summed E-state index contributed by atoms with van der Waals surface area (Å²) in [5, 5.41) is 10.6. The summed E-state index contributed by atoms with van der Waals surface area (Å²) in [6.07, 6.45) is 0.214. The van der Waals surface area contributed by atoms with Crippen LogP contribution in [0.25, 0.3) is 22.2 Å². The lowest BCUT2D eigenvalue weighted by Gasteiger charge is -2.24. The highest BCUT2D eigenvalue weighted by Crippen LogP contribution is 2.40. The first-order valence-corrected chi connectivity index (χ1v) is 16.7. The Balaban J connectivity index is 1.34. The van der Waals surface area contributed by atoms with Gasteiger partial charge in [-0.2, -0.15) is 0 Å². The van der Waals surface area contributed by atoms with E-state index in [2.05, 4.69) is 11.1 Å². The number of amides is 1. The number of rotatable bonds is 11. The molecule has 0 saturated carbocycles. The van der Waals surface area contributed by atoms with Crippen LogP contribution in [0.2, 0.25) is 0 Å². The minimum absolute atomic E-state index is 0.0760. The Hall–Kier alpha value is -6.09. The van der Waals surface area contributed by atoms with E-state index in [0.29, 0.717) is 37.4 Å². The van der Waals surface area contributed by atoms with Crippen LogP contribution in [0.3, 0.4) is 0 Å². The Labute approximate surface area is 290 Å². The highest BCUT2D eigenvalue weighted by atomic mass is 16.5. The van der Waals surface area contributed by atoms with Gasteiger partial charge in [0.05, 0.1) is 12.2 Å². The van der Waals surface area contributed by atoms with Crippen LogP contribution >= 0.6 is 0 Å². The van der Waals surface area contributed by atoms with Crippen molar-refractivity contribution in [2.75, 3.05) is 6.54 Å². The zero-order chi connectivity index (χ0) is 34.5. The molecule has 2 aromatic heterocycles. The number of pyridine rings is 1. The summed E-state index contributed by atoms with van der Waals surface area (Å²) in [6, 6.07) is 35.1. The smallest absolute Gasteiger partial charge is 0.407 e. The molecule has 50 heavy (non-hydrogen) atoms. The fraction of sp³-hybridized carbons (Fsp3) is 0.195. The van der Waals surface area contributed by atoms with Gasteiger partial charge in [-0.05, 0) is 41.2 Å². The zero-order valence-electron chi connectivity index (χ0n) is 27.7. The maximum absolute atomic E-state index is 14.1. The second-order valence-corrected chi connectivity index (χ2v) is 12.2. The second-order valence-electron chi connectivity index (χ2n) is 12.2. The van der Waals surface area contributed by atoms with Crippen molar-refractivity contribution in [3.63, 3.8) is 0 Å². The molecule has 0 spiro atoms. The van der Waals surface area contributed by atoms with Gasteiger partial charge in [-0.25, -0.2) is 14.6 Å². The molecular formula is C41H37N3O6. The van der Waals surface area contributed by atoms with Crippen LogP contribution in [-0.4, -0.2) is 38.6 Å². The van der Waals surface area contributed by atoms with E-state index in [0.717, 1.165) is 50.0 Å². The molecule has 9 heteroatoms. The molecule has 6 aromatic rings. The quantitative estimate of drug-likeness (QED) is 0.134. The van der Waals surface area contributed by atoms with E-state index in [-0.39, 0.29) is 31.3 Å². The van der Waals surface area contributed by atoms with Crippen LogP contribution in [0.4, 0.5) is 4.79 Å². The second kappa shape index (κ2) is 14.6. The average molecular weight is 668 g/mol. The van der Waals surface area contributed by atoms with E-state index >= 15 is 0 Å². The van der Waals surface area contributed by atoms with Gasteiger partial charge in [0.25, 0.3) is 0 Å². The SMILES string of the molecule is CCc1c(-c2ccc3c4c([nH]c3c2)CN(C(=O)O)CC4)nc(OCc2ccccc2)c(C(=O)OCc2ccccc2)c1OCc1ccccc1. The fourth-order valence-corrected chi connectivity index (χ4v) is 6.40. The fourth-order valence-electron chi connectivity index (χ4n) is 6.40. The molecule has 3 heterocycles. The number of carbonyl (C=O) groups is 2. The lowest BCUT2D eigenvalue weighted by Crippen LogP contribution is -2.34. The van der Waals surface area contributed by atoms with E-state index < -0.39 is 12.1 Å². The zero-order valence-corrected chi connectivity index (χ0v) is 27.7. The molecule has 0 saturated heterocycles. The Bertz CT molecular complexity index is 2130. The molecule has 0 aliphatic carbocycles. The summed E-state index contributed by atoms with van der Waals surface area (Å²) in [7, 11) is 0. The highest BCUT2D eigenvalue weighted by Gasteiger charge is 2.30. The van der Waals surface area contributed by atoms with Crippen molar-refractivity contribution in [1.82, 2.24) is 14.9 Å². The van der Waals surface area contributed by atoms with Gasteiger partial charge in [0.15, 0.2) is 5.56 Å². The highest BCUT2D eigenvalue weighted by molar-refractivity contribution is 5.97. The number of carbonyl (C=O) groups excluding carboxylic acids is 1. The summed E-state index contributed by atoms with van der Waals surface area (Å²) in [6.45, 7) is 3.24. The first-order chi connectivity index (χ1) is 24.5.